The summed E-state index contributed by atoms with van der Waals surface area (Å²) in [5, 5.41) is 11.1. The Morgan fingerprint density at radius 2 is 1.81 bits per heavy atom. The molecule has 0 amide bonds. The van der Waals surface area contributed by atoms with Gasteiger partial charge in [0.1, 0.15) is 10.8 Å². The highest BCUT2D eigenvalue weighted by Gasteiger charge is 2.20. The van der Waals surface area contributed by atoms with Gasteiger partial charge in [0.05, 0.1) is 27.8 Å². The number of nitrogens with zero attached hydrogens (tertiary/aromatic N) is 3. The number of thiazole rings is 1. The van der Waals surface area contributed by atoms with Gasteiger partial charge in [0.15, 0.2) is 0 Å². The van der Waals surface area contributed by atoms with Gasteiger partial charge in [0.2, 0.25) is 0 Å². The van der Waals surface area contributed by atoms with Crippen LogP contribution < -0.4 is 0 Å². The summed E-state index contributed by atoms with van der Waals surface area (Å²) in [7, 11) is 0. The number of aryl methyl sites for hydroxylation is 3. The van der Waals surface area contributed by atoms with Crippen LogP contribution in [0.2, 0.25) is 5.02 Å². The maximum absolute atomic E-state index is 11.6. The third-order valence-electron chi connectivity index (χ3n) is 5.72. The molecule has 2 aromatic carbocycles. The second-order valence-electron chi connectivity index (χ2n) is 7.91. The Balaban J connectivity index is 1.76. The van der Waals surface area contributed by atoms with Crippen LogP contribution in [0.1, 0.15) is 22.6 Å². The van der Waals surface area contributed by atoms with Gasteiger partial charge < -0.3 is 9.51 Å². The number of aliphatic carboxylic acids is 1. The first-order valence-electron chi connectivity index (χ1n) is 10.2. The summed E-state index contributed by atoms with van der Waals surface area (Å²) in [5.41, 5.74) is 7.49. The van der Waals surface area contributed by atoms with Gasteiger partial charge in [-0.3, -0.25) is 4.79 Å². The van der Waals surface area contributed by atoms with Crippen LogP contribution in [0.25, 0.3) is 37.4 Å². The summed E-state index contributed by atoms with van der Waals surface area (Å²) >= 11 is 7.69. The standard InChI is InChI=1S/C25H20ClN3O2S/c1-13-10-20-24(23(19(13)12-22(30)31)16-4-6-18(26)7-5-16)32-25(28-20)17-8-9-29-15(3)27-14(2)21(29)11-17/h4-11H,12H2,1-3H3,(H,30,31). The lowest BCUT2D eigenvalue weighted by atomic mass is 9.93. The molecular weight excluding hydrogens is 442 g/mol. The van der Waals surface area contributed by atoms with E-state index in [2.05, 4.69) is 15.5 Å². The van der Waals surface area contributed by atoms with Gasteiger partial charge in [-0.15, -0.1) is 11.3 Å². The van der Waals surface area contributed by atoms with Crippen molar-refractivity contribution in [3.8, 4) is 21.7 Å². The fourth-order valence-corrected chi connectivity index (χ4v) is 5.47. The molecular formula is C25H20ClN3O2S. The van der Waals surface area contributed by atoms with E-state index in [0.29, 0.717) is 5.02 Å². The van der Waals surface area contributed by atoms with Gasteiger partial charge in [-0.05, 0) is 67.8 Å². The summed E-state index contributed by atoms with van der Waals surface area (Å²) in [4.78, 5) is 21.1. The third kappa shape index (κ3) is 3.45. The molecule has 0 aliphatic heterocycles. The van der Waals surface area contributed by atoms with Gasteiger partial charge in [0, 0.05) is 22.3 Å². The summed E-state index contributed by atoms with van der Waals surface area (Å²) in [6, 6.07) is 13.7. The molecule has 0 bridgehead atoms. The molecule has 32 heavy (non-hydrogen) atoms. The lowest BCUT2D eigenvalue weighted by Crippen LogP contribution is -2.04. The summed E-state index contributed by atoms with van der Waals surface area (Å²) in [5.74, 6) is 0.0942. The average Bonchev–Trinajstić information content (AvgIpc) is 3.29. The zero-order valence-electron chi connectivity index (χ0n) is 17.8. The van der Waals surface area contributed by atoms with E-state index >= 15 is 0 Å². The van der Waals surface area contributed by atoms with E-state index < -0.39 is 5.97 Å². The van der Waals surface area contributed by atoms with Crippen molar-refractivity contribution in [3.63, 3.8) is 0 Å². The first-order valence-corrected chi connectivity index (χ1v) is 11.4. The normalized spacial score (nSPS) is 11.5. The summed E-state index contributed by atoms with van der Waals surface area (Å²) in [6.45, 7) is 5.94. The molecule has 5 aromatic rings. The SMILES string of the molecule is Cc1cc2nc(-c3ccn4c(C)nc(C)c4c3)sc2c(-c2ccc(Cl)cc2)c1CC(=O)O. The second-order valence-corrected chi connectivity index (χ2v) is 9.34. The largest absolute Gasteiger partial charge is 0.481 e. The number of imidazole rings is 1. The topological polar surface area (TPSA) is 67.5 Å². The van der Waals surface area contributed by atoms with Crippen LogP contribution in [0, 0.1) is 20.8 Å². The van der Waals surface area contributed by atoms with Crippen LogP contribution in [0.15, 0.2) is 48.7 Å². The number of hydrogen-bond acceptors (Lipinski definition) is 4. The van der Waals surface area contributed by atoms with Crippen molar-refractivity contribution < 1.29 is 9.90 Å². The van der Waals surface area contributed by atoms with E-state index in [-0.39, 0.29) is 6.42 Å². The van der Waals surface area contributed by atoms with Gasteiger partial charge in [-0.25, -0.2) is 9.97 Å². The fraction of sp³-hybridized carbons (Fsp3) is 0.160. The predicted octanol–water partition coefficient (Wildman–Crippen LogP) is 6.48. The Labute approximate surface area is 194 Å². The quantitative estimate of drug-likeness (QED) is 0.332. The summed E-state index contributed by atoms with van der Waals surface area (Å²) < 4.78 is 3.05. The number of benzene rings is 2. The van der Waals surface area contributed by atoms with Crippen molar-refractivity contribution >= 4 is 44.6 Å². The van der Waals surface area contributed by atoms with Crippen molar-refractivity contribution in [2.45, 2.75) is 27.2 Å². The third-order valence-corrected chi connectivity index (χ3v) is 7.11. The highest BCUT2D eigenvalue weighted by Crippen LogP contribution is 2.41. The minimum absolute atomic E-state index is 0.0484. The lowest BCUT2D eigenvalue weighted by Gasteiger charge is -2.13. The number of rotatable bonds is 4. The maximum atomic E-state index is 11.6. The first-order chi connectivity index (χ1) is 15.3. The van der Waals surface area contributed by atoms with E-state index in [9.17, 15) is 9.90 Å². The molecule has 0 aliphatic carbocycles. The Hall–Kier alpha value is -3.22. The smallest absolute Gasteiger partial charge is 0.307 e. The second kappa shape index (κ2) is 7.73. The number of fused-ring (bicyclic) bond motifs is 2. The molecule has 7 heteroatoms. The van der Waals surface area contributed by atoms with Crippen LogP contribution in [0.3, 0.4) is 0 Å². The molecule has 160 valence electrons. The number of carbonyl (C=O) groups is 1. The number of carboxylic acids is 1. The van der Waals surface area contributed by atoms with Gasteiger partial charge in [0.25, 0.3) is 0 Å². The van der Waals surface area contributed by atoms with Crippen molar-refractivity contribution in [3.05, 3.63) is 76.3 Å². The molecule has 0 fully saturated rings. The fourth-order valence-electron chi connectivity index (χ4n) is 4.21. The monoisotopic (exact) mass is 461 g/mol. The molecule has 3 heterocycles. The zero-order chi connectivity index (χ0) is 22.6. The van der Waals surface area contributed by atoms with Crippen molar-refractivity contribution in [1.29, 1.82) is 0 Å². The van der Waals surface area contributed by atoms with Gasteiger partial charge >= 0.3 is 5.97 Å². The number of aromatic nitrogens is 3. The van der Waals surface area contributed by atoms with Crippen molar-refractivity contribution in [2.24, 2.45) is 0 Å². The molecule has 5 nitrogen and oxygen atoms in total. The Morgan fingerprint density at radius 1 is 1.06 bits per heavy atom. The minimum atomic E-state index is -0.857. The molecule has 5 rings (SSSR count). The molecule has 0 radical (unpaired) electrons. The molecule has 3 aromatic heterocycles. The molecule has 0 spiro atoms. The minimum Gasteiger partial charge on any atom is -0.481 e. The van der Waals surface area contributed by atoms with Crippen molar-refractivity contribution in [2.75, 3.05) is 0 Å². The van der Waals surface area contributed by atoms with E-state index in [1.807, 2.05) is 63.4 Å². The average molecular weight is 462 g/mol. The van der Waals surface area contributed by atoms with Crippen LogP contribution in [-0.2, 0) is 11.2 Å². The Morgan fingerprint density at radius 3 is 2.53 bits per heavy atom. The van der Waals surface area contributed by atoms with Crippen molar-refractivity contribution in [1.82, 2.24) is 14.4 Å². The van der Waals surface area contributed by atoms with Gasteiger partial charge in [-0.2, -0.15) is 0 Å². The zero-order valence-corrected chi connectivity index (χ0v) is 19.4. The Kier molecular flexibility index (Phi) is 4.99. The molecule has 0 aliphatic rings. The van der Waals surface area contributed by atoms with Gasteiger partial charge in [-0.1, -0.05) is 23.7 Å². The number of halogens is 1. The first kappa shape index (κ1) is 20.7. The van der Waals surface area contributed by atoms with E-state index in [0.717, 1.165) is 60.1 Å². The van der Waals surface area contributed by atoms with Crippen LogP contribution in [-0.4, -0.2) is 25.4 Å². The molecule has 0 saturated heterocycles. The Bertz CT molecular complexity index is 1520. The summed E-state index contributed by atoms with van der Waals surface area (Å²) in [6.07, 6.45) is 1.97. The predicted molar refractivity (Wildman–Crippen MR) is 130 cm³/mol. The lowest BCUT2D eigenvalue weighted by molar-refractivity contribution is -0.136. The molecule has 0 saturated carbocycles. The molecule has 0 atom stereocenters. The van der Waals surface area contributed by atoms with Crippen LogP contribution in [0.5, 0.6) is 0 Å². The highest BCUT2D eigenvalue weighted by molar-refractivity contribution is 7.22. The van der Waals surface area contributed by atoms with E-state index in [4.69, 9.17) is 16.6 Å². The molecule has 0 unspecified atom stereocenters. The van der Waals surface area contributed by atoms with E-state index in [1.54, 1.807) is 11.3 Å². The van der Waals surface area contributed by atoms with Crippen LogP contribution in [0.4, 0.5) is 0 Å². The van der Waals surface area contributed by atoms with E-state index in [1.165, 1.54) is 0 Å². The maximum Gasteiger partial charge on any atom is 0.307 e. The highest BCUT2D eigenvalue weighted by atomic mass is 35.5. The number of carboxylic acid groups (broad SMARTS) is 1. The number of hydrogen-bond donors (Lipinski definition) is 1. The van der Waals surface area contributed by atoms with Crippen LogP contribution >= 0.6 is 22.9 Å². The number of pyridine rings is 1. The molecule has 1 N–H and O–H groups in total.